The maximum absolute atomic E-state index is 11.7. The quantitative estimate of drug-likeness (QED) is 0.785. The molecule has 7 heteroatoms. The van der Waals surface area contributed by atoms with Crippen molar-refractivity contribution in [2.24, 2.45) is 0 Å². The molecule has 1 aromatic rings. The number of ether oxygens (including phenoxy) is 1. The number of urea groups is 1. The van der Waals surface area contributed by atoms with Gasteiger partial charge in [0, 0.05) is 24.3 Å². The fraction of sp³-hybridized carbons (Fsp3) is 0.615. The average Bonchev–Trinajstić information content (AvgIpc) is 2.70. The lowest BCUT2D eigenvalue weighted by molar-refractivity contribution is -0.142. The zero-order valence-electron chi connectivity index (χ0n) is 12.6. The van der Waals surface area contributed by atoms with Crippen LogP contribution in [0.4, 0.5) is 4.79 Å². The Morgan fingerprint density at radius 1 is 1.40 bits per heavy atom. The molecule has 0 saturated carbocycles. The fourth-order valence-electron chi connectivity index (χ4n) is 1.95. The van der Waals surface area contributed by atoms with Crippen molar-refractivity contribution in [3.8, 4) is 0 Å². The summed E-state index contributed by atoms with van der Waals surface area (Å²) in [6.07, 6.45) is 0. The van der Waals surface area contributed by atoms with Crippen molar-refractivity contribution in [1.82, 2.24) is 20.4 Å². The summed E-state index contributed by atoms with van der Waals surface area (Å²) in [5.74, 6) is -0.480. The topological polar surface area (TPSA) is 85.3 Å². The largest absolute Gasteiger partial charge is 0.467 e. The van der Waals surface area contributed by atoms with Crippen LogP contribution in [0.5, 0.6) is 0 Å². The minimum absolute atomic E-state index is 0.372. The normalized spacial score (nSPS) is 11.8. The van der Waals surface area contributed by atoms with Crippen LogP contribution < -0.4 is 10.6 Å². The van der Waals surface area contributed by atoms with Crippen molar-refractivity contribution in [3.05, 3.63) is 17.0 Å². The predicted octanol–water partition coefficient (Wildman–Crippen LogP) is 0.881. The molecule has 2 amide bonds. The molecule has 0 saturated heterocycles. The van der Waals surface area contributed by atoms with Crippen LogP contribution in [-0.2, 0) is 22.6 Å². The molecule has 1 aromatic heterocycles. The minimum atomic E-state index is -0.680. The molecule has 0 aromatic carbocycles. The maximum Gasteiger partial charge on any atom is 0.328 e. The number of hydrogen-bond donors (Lipinski definition) is 2. The summed E-state index contributed by atoms with van der Waals surface area (Å²) in [5, 5.41) is 9.61. The van der Waals surface area contributed by atoms with Gasteiger partial charge in [0.1, 0.15) is 6.04 Å². The van der Waals surface area contributed by atoms with Crippen LogP contribution in [0.1, 0.15) is 30.8 Å². The third-order valence-corrected chi connectivity index (χ3v) is 3.16. The second-order valence-electron chi connectivity index (χ2n) is 4.54. The molecule has 2 N–H and O–H groups in total. The van der Waals surface area contributed by atoms with E-state index in [0.29, 0.717) is 6.54 Å². The molecule has 0 radical (unpaired) electrons. The summed E-state index contributed by atoms with van der Waals surface area (Å²) < 4.78 is 6.43. The summed E-state index contributed by atoms with van der Waals surface area (Å²) in [6.45, 7) is 8.62. The predicted molar refractivity (Wildman–Crippen MR) is 74.2 cm³/mol. The number of hydrogen-bond acceptors (Lipinski definition) is 4. The number of esters is 1. The molecule has 0 spiro atoms. The van der Waals surface area contributed by atoms with E-state index >= 15 is 0 Å². The Balaban J connectivity index is 2.57. The third-order valence-electron chi connectivity index (χ3n) is 3.16. The van der Waals surface area contributed by atoms with Gasteiger partial charge in [-0.1, -0.05) is 0 Å². The van der Waals surface area contributed by atoms with E-state index in [1.54, 1.807) is 6.92 Å². The van der Waals surface area contributed by atoms with Gasteiger partial charge in [0.05, 0.1) is 12.8 Å². The Morgan fingerprint density at radius 2 is 2.05 bits per heavy atom. The summed E-state index contributed by atoms with van der Waals surface area (Å²) in [6, 6.07) is -1.09. The van der Waals surface area contributed by atoms with Gasteiger partial charge in [0.2, 0.25) is 0 Å². The lowest BCUT2D eigenvalue weighted by atomic mass is 10.2. The van der Waals surface area contributed by atoms with Crippen molar-refractivity contribution < 1.29 is 14.3 Å². The lowest BCUT2D eigenvalue weighted by Crippen LogP contribution is -2.44. The number of rotatable bonds is 5. The van der Waals surface area contributed by atoms with Crippen molar-refractivity contribution >= 4 is 12.0 Å². The van der Waals surface area contributed by atoms with Crippen LogP contribution in [0.25, 0.3) is 0 Å². The van der Waals surface area contributed by atoms with Gasteiger partial charge in [-0.25, -0.2) is 9.59 Å². The molecule has 20 heavy (non-hydrogen) atoms. The highest BCUT2D eigenvalue weighted by atomic mass is 16.5. The lowest BCUT2D eigenvalue weighted by Gasteiger charge is -2.12. The first-order valence-corrected chi connectivity index (χ1v) is 6.55. The summed E-state index contributed by atoms with van der Waals surface area (Å²) in [5.41, 5.74) is 2.92. The van der Waals surface area contributed by atoms with E-state index in [-0.39, 0.29) is 0 Å². The van der Waals surface area contributed by atoms with E-state index in [4.69, 9.17) is 0 Å². The molecule has 0 bridgehead atoms. The zero-order valence-corrected chi connectivity index (χ0v) is 12.6. The van der Waals surface area contributed by atoms with Gasteiger partial charge >= 0.3 is 12.0 Å². The van der Waals surface area contributed by atoms with E-state index in [0.717, 1.165) is 23.5 Å². The Hall–Kier alpha value is -2.05. The van der Waals surface area contributed by atoms with Gasteiger partial charge < -0.3 is 15.4 Å². The second-order valence-corrected chi connectivity index (χ2v) is 4.54. The molecule has 0 fully saturated rings. The fourth-order valence-corrected chi connectivity index (χ4v) is 1.95. The number of nitrogens with zero attached hydrogens (tertiary/aromatic N) is 2. The molecular weight excluding hydrogens is 260 g/mol. The van der Waals surface area contributed by atoms with E-state index in [9.17, 15) is 9.59 Å². The molecule has 7 nitrogen and oxygen atoms in total. The highest BCUT2D eigenvalue weighted by molar-refractivity contribution is 5.83. The van der Waals surface area contributed by atoms with Gasteiger partial charge in [-0.15, -0.1) is 0 Å². The van der Waals surface area contributed by atoms with Crippen LogP contribution >= 0.6 is 0 Å². The Kier molecular flexibility index (Phi) is 5.54. The van der Waals surface area contributed by atoms with Crippen molar-refractivity contribution in [2.45, 2.75) is 46.8 Å². The zero-order chi connectivity index (χ0) is 15.3. The molecule has 0 aliphatic carbocycles. The highest BCUT2D eigenvalue weighted by Crippen LogP contribution is 2.12. The number of methoxy groups -OCH3 is 1. The number of nitrogens with one attached hydrogen (secondary N) is 2. The van der Waals surface area contributed by atoms with Crippen molar-refractivity contribution in [3.63, 3.8) is 0 Å². The Labute approximate surface area is 118 Å². The van der Waals surface area contributed by atoms with E-state index < -0.39 is 18.0 Å². The molecule has 1 rings (SSSR count). The van der Waals surface area contributed by atoms with Crippen LogP contribution in [0, 0.1) is 13.8 Å². The highest BCUT2D eigenvalue weighted by Gasteiger charge is 2.16. The SMILES string of the molecule is CCn1nc(C)c(CNC(=O)N[C@H](C)C(=O)OC)c1C. The Morgan fingerprint density at radius 3 is 2.55 bits per heavy atom. The molecular formula is C13H22N4O3. The third kappa shape index (κ3) is 3.72. The standard InChI is InChI=1S/C13H22N4O3/c1-6-17-10(4)11(8(2)16-17)7-14-13(19)15-9(3)12(18)20-5/h9H,6-7H2,1-5H3,(H2,14,15,19)/t9-/m1/s1. The second kappa shape index (κ2) is 6.93. The maximum atomic E-state index is 11.7. The number of aryl methyl sites for hydroxylation is 2. The first-order chi connectivity index (χ1) is 9.40. The van der Waals surface area contributed by atoms with Crippen LogP contribution in [0.3, 0.4) is 0 Å². The number of amides is 2. The van der Waals surface area contributed by atoms with Gasteiger partial charge in [-0.3, -0.25) is 4.68 Å². The van der Waals surface area contributed by atoms with E-state index in [1.807, 2.05) is 25.5 Å². The molecule has 1 atom stereocenters. The van der Waals surface area contributed by atoms with Gasteiger partial charge in [-0.2, -0.15) is 5.10 Å². The van der Waals surface area contributed by atoms with Crippen LogP contribution in [0.2, 0.25) is 0 Å². The van der Waals surface area contributed by atoms with Crippen molar-refractivity contribution in [2.75, 3.05) is 7.11 Å². The average molecular weight is 282 g/mol. The summed E-state index contributed by atoms with van der Waals surface area (Å²) in [4.78, 5) is 22.9. The van der Waals surface area contributed by atoms with Gasteiger partial charge in [0.15, 0.2) is 0 Å². The minimum Gasteiger partial charge on any atom is -0.467 e. The molecule has 112 valence electrons. The molecule has 0 unspecified atom stereocenters. The molecule has 1 heterocycles. The number of carbonyl (C=O) groups is 2. The van der Waals surface area contributed by atoms with E-state index in [2.05, 4.69) is 20.5 Å². The van der Waals surface area contributed by atoms with Crippen LogP contribution in [-0.4, -0.2) is 34.9 Å². The van der Waals surface area contributed by atoms with Gasteiger partial charge in [0.25, 0.3) is 0 Å². The Bertz CT molecular complexity index is 496. The molecule has 0 aliphatic rings. The molecule has 0 aliphatic heterocycles. The van der Waals surface area contributed by atoms with Gasteiger partial charge in [-0.05, 0) is 27.7 Å². The first-order valence-electron chi connectivity index (χ1n) is 6.55. The number of carbonyl (C=O) groups excluding carboxylic acids is 2. The monoisotopic (exact) mass is 282 g/mol. The van der Waals surface area contributed by atoms with Crippen molar-refractivity contribution in [1.29, 1.82) is 0 Å². The smallest absolute Gasteiger partial charge is 0.328 e. The summed E-state index contributed by atoms with van der Waals surface area (Å²) >= 11 is 0. The van der Waals surface area contributed by atoms with E-state index in [1.165, 1.54) is 7.11 Å². The summed E-state index contributed by atoms with van der Waals surface area (Å²) in [7, 11) is 1.28. The first kappa shape index (κ1) is 16.0. The van der Waals surface area contributed by atoms with Crippen LogP contribution in [0.15, 0.2) is 0 Å². The number of aromatic nitrogens is 2.